The molecule has 0 amide bonds. The predicted octanol–water partition coefficient (Wildman–Crippen LogP) is 2.16. The number of hydrogen-bond acceptors (Lipinski definition) is 3. The highest BCUT2D eigenvalue weighted by Crippen LogP contribution is 2.19. The lowest BCUT2D eigenvalue weighted by Gasteiger charge is -2.13. The molecule has 1 N–H and O–H groups in total. The molecule has 1 unspecified atom stereocenters. The molecule has 5 nitrogen and oxygen atoms in total. The van der Waals surface area contributed by atoms with Gasteiger partial charge in [0, 0.05) is 32.4 Å². The second-order valence-corrected chi connectivity index (χ2v) is 5.14. The van der Waals surface area contributed by atoms with Crippen molar-refractivity contribution in [2.24, 2.45) is 14.1 Å². The zero-order valence-electron chi connectivity index (χ0n) is 12.0. The zero-order valence-corrected chi connectivity index (χ0v) is 12.0. The molecular weight excluding hydrogens is 250 g/mol. The highest BCUT2D eigenvalue weighted by molar-refractivity contribution is 5.75. The molecule has 0 saturated heterocycles. The highest BCUT2D eigenvalue weighted by atomic mass is 15.2. The standard InChI is InChI=1S/C15H19N5/c1-11(16-8-12-9-17-19(2)10-12)15-18-13-6-4-5-7-14(13)20(15)3/h4-7,9-11,16H,8H2,1-3H3. The van der Waals surface area contributed by atoms with Gasteiger partial charge >= 0.3 is 0 Å². The van der Waals surface area contributed by atoms with Gasteiger partial charge in [-0.05, 0) is 19.1 Å². The Morgan fingerprint density at radius 1 is 1.25 bits per heavy atom. The monoisotopic (exact) mass is 269 g/mol. The fourth-order valence-electron chi connectivity index (χ4n) is 2.48. The third-order valence-electron chi connectivity index (χ3n) is 3.58. The van der Waals surface area contributed by atoms with E-state index >= 15 is 0 Å². The van der Waals surface area contributed by atoms with Crippen molar-refractivity contribution in [3.05, 3.63) is 48.0 Å². The summed E-state index contributed by atoms with van der Waals surface area (Å²) < 4.78 is 3.97. The van der Waals surface area contributed by atoms with Crippen LogP contribution in [-0.4, -0.2) is 19.3 Å². The van der Waals surface area contributed by atoms with Crippen molar-refractivity contribution in [1.82, 2.24) is 24.6 Å². The number of nitrogens with one attached hydrogen (secondary N) is 1. The van der Waals surface area contributed by atoms with Gasteiger partial charge in [-0.15, -0.1) is 0 Å². The number of benzene rings is 1. The molecule has 2 aromatic heterocycles. The van der Waals surface area contributed by atoms with E-state index in [0.29, 0.717) is 0 Å². The Morgan fingerprint density at radius 3 is 2.75 bits per heavy atom. The fourth-order valence-corrected chi connectivity index (χ4v) is 2.48. The summed E-state index contributed by atoms with van der Waals surface area (Å²) in [6, 6.07) is 8.40. The molecule has 20 heavy (non-hydrogen) atoms. The van der Waals surface area contributed by atoms with Crippen molar-refractivity contribution < 1.29 is 0 Å². The summed E-state index contributed by atoms with van der Waals surface area (Å²) in [4.78, 5) is 4.71. The maximum absolute atomic E-state index is 4.71. The first kappa shape index (κ1) is 12.9. The van der Waals surface area contributed by atoms with E-state index in [-0.39, 0.29) is 6.04 Å². The van der Waals surface area contributed by atoms with Gasteiger partial charge in [0.2, 0.25) is 0 Å². The summed E-state index contributed by atoms with van der Waals surface area (Å²) in [5.41, 5.74) is 3.38. The van der Waals surface area contributed by atoms with E-state index in [0.717, 1.165) is 23.4 Å². The minimum Gasteiger partial charge on any atom is -0.330 e. The Labute approximate surface area is 118 Å². The van der Waals surface area contributed by atoms with Gasteiger partial charge in [-0.3, -0.25) is 4.68 Å². The van der Waals surface area contributed by atoms with Crippen LogP contribution in [-0.2, 0) is 20.6 Å². The summed E-state index contributed by atoms with van der Waals surface area (Å²) in [6.07, 6.45) is 3.91. The maximum atomic E-state index is 4.71. The lowest BCUT2D eigenvalue weighted by atomic mass is 10.3. The van der Waals surface area contributed by atoms with Crippen LogP contribution in [0.1, 0.15) is 24.4 Å². The van der Waals surface area contributed by atoms with Gasteiger partial charge in [-0.2, -0.15) is 5.10 Å². The van der Waals surface area contributed by atoms with E-state index in [1.165, 1.54) is 5.56 Å². The van der Waals surface area contributed by atoms with Gasteiger partial charge in [-0.25, -0.2) is 4.98 Å². The van der Waals surface area contributed by atoms with E-state index in [4.69, 9.17) is 4.98 Å². The Balaban J connectivity index is 1.78. The maximum Gasteiger partial charge on any atom is 0.126 e. The van der Waals surface area contributed by atoms with Crippen LogP contribution in [0.2, 0.25) is 0 Å². The third kappa shape index (κ3) is 2.32. The molecule has 0 bridgehead atoms. The Hall–Kier alpha value is -2.14. The lowest BCUT2D eigenvalue weighted by molar-refractivity contribution is 0.533. The molecule has 3 rings (SSSR count). The predicted molar refractivity (Wildman–Crippen MR) is 79.2 cm³/mol. The van der Waals surface area contributed by atoms with E-state index in [2.05, 4.69) is 35.0 Å². The molecule has 0 spiro atoms. The van der Waals surface area contributed by atoms with Crippen molar-refractivity contribution in [3.63, 3.8) is 0 Å². The molecule has 1 atom stereocenters. The van der Waals surface area contributed by atoms with Crippen LogP contribution in [0.3, 0.4) is 0 Å². The van der Waals surface area contributed by atoms with Crippen molar-refractivity contribution in [2.45, 2.75) is 19.5 Å². The summed E-state index contributed by atoms with van der Waals surface area (Å²) in [5.74, 6) is 1.05. The first-order valence-electron chi connectivity index (χ1n) is 6.77. The second kappa shape index (κ2) is 5.09. The number of nitrogens with zero attached hydrogens (tertiary/aromatic N) is 4. The van der Waals surface area contributed by atoms with Crippen LogP contribution in [0.15, 0.2) is 36.7 Å². The van der Waals surface area contributed by atoms with Crippen LogP contribution in [0.25, 0.3) is 11.0 Å². The molecular formula is C15H19N5. The molecule has 0 aliphatic heterocycles. The Kier molecular flexibility index (Phi) is 3.28. The molecule has 3 aromatic rings. The van der Waals surface area contributed by atoms with Crippen LogP contribution >= 0.6 is 0 Å². The summed E-state index contributed by atoms with van der Waals surface area (Å²) in [6.45, 7) is 2.93. The molecule has 2 heterocycles. The summed E-state index contributed by atoms with van der Waals surface area (Å²) in [7, 11) is 3.99. The third-order valence-corrected chi connectivity index (χ3v) is 3.58. The molecule has 0 fully saturated rings. The molecule has 0 aliphatic rings. The number of fused-ring (bicyclic) bond motifs is 1. The SMILES string of the molecule is CC(NCc1cnn(C)c1)c1nc2ccccc2n1C. The first-order valence-corrected chi connectivity index (χ1v) is 6.77. The van der Waals surface area contributed by atoms with E-state index in [1.807, 2.05) is 42.3 Å². The lowest BCUT2D eigenvalue weighted by Crippen LogP contribution is -2.20. The number of rotatable bonds is 4. The van der Waals surface area contributed by atoms with Crippen LogP contribution in [0, 0.1) is 0 Å². The average molecular weight is 269 g/mol. The second-order valence-electron chi connectivity index (χ2n) is 5.14. The minimum absolute atomic E-state index is 0.188. The quantitative estimate of drug-likeness (QED) is 0.789. The number of aromatic nitrogens is 4. The van der Waals surface area contributed by atoms with E-state index in [1.54, 1.807) is 0 Å². The molecule has 1 aromatic carbocycles. The van der Waals surface area contributed by atoms with Crippen LogP contribution in [0.5, 0.6) is 0 Å². The van der Waals surface area contributed by atoms with Gasteiger partial charge in [-0.1, -0.05) is 12.1 Å². The number of hydrogen-bond donors (Lipinski definition) is 1. The topological polar surface area (TPSA) is 47.7 Å². The Bertz CT molecular complexity index is 725. The van der Waals surface area contributed by atoms with Gasteiger partial charge in [0.25, 0.3) is 0 Å². The highest BCUT2D eigenvalue weighted by Gasteiger charge is 2.13. The summed E-state index contributed by atoms with van der Waals surface area (Å²) in [5, 5.41) is 7.67. The largest absolute Gasteiger partial charge is 0.330 e. The minimum atomic E-state index is 0.188. The van der Waals surface area contributed by atoms with E-state index < -0.39 is 0 Å². The van der Waals surface area contributed by atoms with E-state index in [9.17, 15) is 0 Å². The van der Waals surface area contributed by atoms with Crippen molar-refractivity contribution in [3.8, 4) is 0 Å². The molecule has 0 aliphatic carbocycles. The number of aryl methyl sites for hydroxylation is 2. The van der Waals surface area contributed by atoms with Gasteiger partial charge in [0.15, 0.2) is 0 Å². The van der Waals surface area contributed by atoms with Crippen molar-refractivity contribution >= 4 is 11.0 Å². The Morgan fingerprint density at radius 2 is 2.05 bits per heavy atom. The number of para-hydroxylation sites is 2. The smallest absolute Gasteiger partial charge is 0.126 e. The molecule has 0 radical (unpaired) electrons. The van der Waals surface area contributed by atoms with Crippen molar-refractivity contribution in [2.75, 3.05) is 0 Å². The van der Waals surface area contributed by atoms with Gasteiger partial charge in [0.1, 0.15) is 5.82 Å². The van der Waals surface area contributed by atoms with Crippen LogP contribution in [0.4, 0.5) is 0 Å². The van der Waals surface area contributed by atoms with Gasteiger partial charge in [0.05, 0.1) is 23.3 Å². The fraction of sp³-hybridized carbons (Fsp3) is 0.333. The first-order chi connectivity index (χ1) is 9.65. The molecule has 5 heteroatoms. The number of imidazole rings is 1. The van der Waals surface area contributed by atoms with Crippen LogP contribution < -0.4 is 5.32 Å². The normalized spacial score (nSPS) is 12.9. The van der Waals surface area contributed by atoms with Gasteiger partial charge < -0.3 is 9.88 Å². The molecule has 0 saturated carbocycles. The van der Waals surface area contributed by atoms with Crippen molar-refractivity contribution in [1.29, 1.82) is 0 Å². The molecule has 104 valence electrons. The summed E-state index contributed by atoms with van der Waals surface area (Å²) >= 11 is 0. The zero-order chi connectivity index (χ0) is 14.1. The average Bonchev–Trinajstić information content (AvgIpc) is 3.01.